The summed E-state index contributed by atoms with van der Waals surface area (Å²) in [4.78, 5) is 27.4. The smallest absolute Gasteiger partial charge is 0.259 e. The Balaban J connectivity index is 1.58. The van der Waals surface area contributed by atoms with Gasteiger partial charge >= 0.3 is 0 Å². The maximum atomic E-state index is 13.3. The monoisotopic (exact) mass is 450 g/mol. The van der Waals surface area contributed by atoms with Crippen molar-refractivity contribution in [3.63, 3.8) is 0 Å². The number of carbonyl (C=O) groups excluding carboxylic acids is 1. The molecule has 4 aromatic rings. The largest absolute Gasteiger partial charge is 0.378 e. The molecule has 4 aromatic heterocycles. The fourth-order valence-electron chi connectivity index (χ4n) is 3.80. The van der Waals surface area contributed by atoms with Crippen molar-refractivity contribution in [1.29, 1.82) is 0 Å². The predicted octanol–water partition coefficient (Wildman–Crippen LogP) is 2.51. The van der Waals surface area contributed by atoms with Crippen LogP contribution in [0.15, 0.2) is 36.8 Å². The van der Waals surface area contributed by atoms with Gasteiger partial charge in [0.05, 0.1) is 25.1 Å². The highest BCUT2D eigenvalue weighted by atomic mass is 19.1. The van der Waals surface area contributed by atoms with Crippen molar-refractivity contribution in [2.45, 2.75) is 13.1 Å². The second kappa shape index (κ2) is 8.58. The second-order valence-electron chi connectivity index (χ2n) is 7.72. The molecule has 1 saturated heterocycles. The van der Waals surface area contributed by atoms with E-state index in [0.717, 1.165) is 29.5 Å². The summed E-state index contributed by atoms with van der Waals surface area (Å²) in [5.41, 5.74) is 2.42. The maximum Gasteiger partial charge on any atom is 0.259 e. The highest BCUT2D eigenvalue weighted by Gasteiger charge is 2.18. The SMILES string of the molecule is CNc1ncc(-c2nc3ccc(N4CCOCC4)cn3n2)c2cc(NC(=O)[C@H](C)F)ncc12. The number of nitrogens with one attached hydrogen (secondary N) is 2. The van der Waals surface area contributed by atoms with Crippen molar-refractivity contribution in [2.75, 3.05) is 48.9 Å². The summed E-state index contributed by atoms with van der Waals surface area (Å²) in [5.74, 6) is 0.589. The summed E-state index contributed by atoms with van der Waals surface area (Å²) < 4.78 is 20.5. The van der Waals surface area contributed by atoms with Crippen LogP contribution >= 0.6 is 0 Å². The van der Waals surface area contributed by atoms with Crippen LogP contribution in [0, 0.1) is 0 Å². The molecule has 1 aliphatic heterocycles. The third-order valence-electron chi connectivity index (χ3n) is 5.55. The summed E-state index contributed by atoms with van der Waals surface area (Å²) in [6.07, 6.45) is 3.57. The highest BCUT2D eigenvalue weighted by Crippen LogP contribution is 2.31. The molecule has 0 aliphatic carbocycles. The predicted molar refractivity (Wildman–Crippen MR) is 123 cm³/mol. The van der Waals surface area contributed by atoms with Gasteiger partial charge in [-0.15, -0.1) is 5.10 Å². The number of fused-ring (bicyclic) bond motifs is 2. The normalized spacial score (nSPS) is 15.1. The molecular weight excluding hydrogens is 427 g/mol. The van der Waals surface area contributed by atoms with Gasteiger partial charge in [0.15, 0.2) is 17.6 Å². The standard InChI is InChI=1S/C22H23FN8O2/c1-13(23)22(32)27-18-9-15-16(10-25-18)20(24-2)26-11-17(15)21-28-19-4-3-14(12-31(19)29-21)30-5-7-33-8-6-30/h3-4,9-13H,5-8H2,1-2H3,(H,24,26)(H,25,27,32)/t13-/m0/s1. The highest BCUT2D eigenvalue weighted by molar-refractivity contribution is 6.03. The number of hydrogen-bond acceptors (Lipinski definition) is 8. The molecule has 1 amide bonds. The first-order chi connectivity index (χ1) is 16.0. The average Bonchev–Trinajstić information content (AvgIpc) is 3.26. The summed E-state index contributed by atoms with van der Waals surface area (Å²) in [7, 11) is 1.76. The third-order valence-corrected chi connectivity index (χ3v) is 5.55. The number of alkyl halides is 1. The lowest BCUT2D eigenvalue weighted by Crippen LogP contribution is -2.36. The minimum absolute atomic E-state index is 0.241. The Morgan fingerprint density at radius 1 is 1.18 bits per heavy atom. The molecule has 1 aliphatic rings. The zero-order valence-electron chi connectivity index (χ0n) is 18.2. The summed E-state index contributed by atoms with van der Waals surface area (Å²) in [6, 6.07) is 5.63. The van der Waals surface area contributed by atoms with Crippen molar-refractivity contribution in [3.05, 3.63) is 36.8 Å². The molecule has 0 spiro atoms. The molecule has 0 radical (unpaired) electrons. The molecule has 0 bridgehead atoms. The minimum atomic E-state index is -1.65. The van der Waals surface area contributed by atoms with Crippen LogP contribution in [0.1, 0.15) is 6.92 Å². The summed E-state index contributed by atoms with van der Waals surface area (Å²) in [5, 5.41) is 11.7. The lowest BCUT2D eigenvalue weighted by molar-refractivity contribution is -0.120. The number of halogens is 1. The molecule has 5 rings (SSSR count). The molecule has 5 heterocycles. The van der Waals surface area contributed by atoms with Gasteiger partial charge < -0.3 is 20.3 Å². The number of anilines is 3. The van der Waals surface area contributed by atoms with Gasteiger partial charge in [-0.25, -0.2) is 23.9 Å². The first-order valence-corrected chi connectivity index (χ1v) is 10.6. The van der Waals surface area contributed by atoms with Gasteiger partial charge in [0.25, 0.3) is 5.91 Å². The van der Waals surface area contributed by atoms with Crippen molar-refractivity contribution in [3.8, 4) is 11.4 Å². The van der Waals surface area contributed by atoms with Crippen LogP contribution in [0.25, 0.3) is 27.8 Å². The Morgan fingerprint density at radius 2 is 2.00 bits per heavy atom. The first-order valence-electron chi connectivity index (χ1n) is 10.6. The third kappa shape index (κ3) is 4.02. The molecule has 0 aromatic carbocycles. The van der Waals surface area contributed by atoms with Gasteiger partial charge in [-0.1, -0.05) is 0 Å². The van der Waals surface area contributed by atoms with Crippen LogP contribution in [-0.4, -0.2) is 70.0 Å². The number of hydrogen-bond donors (Lipinski definition) is 2. The molecule has 1 fully saturated rings. The van der Waals surface area contributed by atoms with Gasteiger partial charge in [-0.3, -0.25) is 4.79 Å². The lowest BCUT2D eigenvalue weighted by atomic mass is 10.1. The van der Waals surface area contributed by atoms with E-state index < -0.39 is 12.1 Å². The molecule has 10 nitrogen and oxygen atoms in total. The Hall–Kier alpha value is -3.86. The van der Waals surface area contributed by atoms with E-state index in [1.54, 1.807) is 30.0 Å². The van der Waals surface area contributed by atoms with Crippen LogP contribution in [0.5, 0.6) is 0 Å². The van der Waals surface area contributed by atoms with Gasteiger partial charge in [-0.05, 0) is 25.1 Å². The van der Waals surface area contributed by atoms with Crippen molar-refractivity contribution < 1.29 is 13.9 Å². The Morgan fingerprint density at radius 3 is 2.76 bits per heavy atom. The molecule has 170 valence electrons. The zero-order chi connectivity index (χ0) is 22.9. The lowest BCUT2D eigenvalue weighted by Gasteiger charge is -2.28. The molecule has 2 N–H and O–H groups in total. The first kappa shape index (κ1) is 21.0. The van der Waals surface area contributed by atoms with Crippen LogP contribution < -0.4 is 15.5 Å². The minimum Gasteiger partial charge on any atom is -0.378 e. The van der Waals surface area contributed by atoms with E-state index in [2.05, 4.69) is 35.6 Å². The Labute approximate surface area is 188 Å². The number of morpholine rings is 1. The van der Waals surface area contributed by atoms with Gasteiger partial charge in [0.2, 0.25) is 0 Å². The van der Waals surface area contributed by atoms with E-state index in [9.17, 15) is 9.18 Å². The van der Waals surface area contributed by atoms with Crippen molar-refractivity contribution in [1.82, 2.24) is 24.6 Å². The maximum absolute atomic E-state index is 13.3. The van der Waals surface area contributed by atoms with E-state index >= 15 is 0 Å². The van der Waals surface area contributed by atoms with E-state index in [-0.39, 0.29) is 5.82 Å². The number of amides is 1. The Bertz CT molecular complexity index is 1330. The van der Waals surface area contributed by atoms with Gasteiger partial charge in [0.1, 0.15) is 11.6 Å². The van der Waals surface area contributed by atoms with Crippen LogP contribution in [-0.2, 0) is 9.53 Å². The quantitative estimate of drug-likeness (QED) is 0.477. The zero-order valence-corrected chi connectivity index (χ0v) is 18.2. The number of nitrogens with zero attached hydrogens (tertiary/aromatic N) is 6. The summed E-state index contributed by atoms with van der Waals surface area (Å²) in [6.45, 7) is 4.23. The molecule has 1 atom stereocenters. The molecule has 33 heavy (non-hydrogen) atoms. The second-order valence-corrected chi connectivity index (χ2v) is 7.72. The number of aromatic nitrogens is 5. The van der Waals surface area contributed by atoms with E-state index in [1.165, 1.54) is 6.92 Å². The number of pyridine rings is 3. The van der Waals surface area contributed by atoms with E-state index in [0.29, 0.717) is 36.1 Å². The summed E-state index contributed by atoms with van der Waals surface area (Å²) >= 11 is 0. The molecular formula is C22H23FN8O2. The van der Waals surface area contributed by atoms with Crippen LogP contribution in [0.4, 0.5) is 21.7 Å². The van der Waals surface area contributed by atoms with Gasteiger partial charge in [-0.2, -0.15) is 0 Å². The van der Waals surface area contributed by atoms with E-state index in [1.807, 2.05) is 18.3 Å². The number of carbonyl (C=O) groups is 1. The van der Waals surface area contributed by atoms with Crippen molar-refractivity contribution in [2.24, 2.45) is 0 Å². The van der Waals surface area contributed by atoms with Crippen molar-refractivity contribution >= 4 is 39.6 Å². The topological polar surface area (TPSA) is 110 Å². The number of rotatable bonds is 5. The average molecular weight is 450 g/mol. The fourth-order valence-corrected chi connectivity index (χ4v) is 3.80. The Kier molecular flexibility index (Phi) is 5.47. The fraction of sp³-hybridized carbons (Fsp3) is 0.318. The molecule has 0 unspecified atom stereocenters. The number of ether oxygens (including phenoxy) is 1. The van der Waals surface area contributed by atoms with E-state index in [4.69, 9.17) is 4.74 Å². The van der Waals surface area contributed by atoms with Crippen LogP contribution in [0.2, 0.25) is 0 Å². The molecule has 0 saturated carbocycles. The van der Waals surface area contributed by atoms with Crippen LogP contribution in [0.3, 0.4) is 0 Å². The molecule has 11 heteroatoms. The van der Waals surface area contributed by atoms with Gasteiger partial charge in [0, 0.05) is 48.9 Å².